The van der Waals surface area contributed by atoms with Crippen molar-refractivity contribution in [1.29, 1.82) is 0 Å². The van der Waals surface area contributed by atoms with E-state index >= 15 is 0 Å². The monoisotopic (exact) mass is 234 g/mol. The number of ether oxygens (including phenoxy) is 2. The first-order valence-electron chi connectivity index (χ1n) is 4.21. The minimum atomic E-state index is -4.25. The van der Waals surface area contributed by atoms with Crippen LogP contribution in [-0.2, 0) is 14.0 Å². The Hall–Kier alpha value is -0.165. The highest BCUT2D eigenvalue weighted by Crippen LogP contribution is 2.37. The normalized spacial score (nSPS) is 37.6. The third-order valence-electron chi connectivity index (χ3n) is 2.05. The van der Waals surface area contributed by atoms with Crippen molar-refractivity contribution in [3.63, 3.8) is 0 Å². The van der Waals surface area contributed by atoms with E-state index in [2.05, 4.69) is 0 Å². The Morgan fingerprint density at radius 3 is 2.53 bits per heavy atom. The molecule has 0 saturated carbocycles. The minimum absolute atomic E-state index is 0.672. The van der Waals surface area contributed by atoms with E-state index in [4.69, 9.17) is 27.1 Å². The van der Waals surface area contributed by atoms with Gasteiger partial charge in [0.25, 0.3) is 0 Å². The van der Waals surface area contributed by atoms with Gasteiger partial charge in [-0.1, -0.05) is 0 Å². The van der Waals surface area contributed by atoms with Gasteiger partial charge in [-0.15, -0.1) is 0 Å². The van der Waals surface area contributed by atoms with Crippen LogP contribution in [0.3, 0.4) is 0 Å². The van der Waals surface area contributed by atoms with Crippen molar-refractivity contribution >= 4 is 15.4 Å². The summed E-state index contributed by atoms with van der Waals surface area (Å²) in [6.45, 7) is 0. The highest BCUT2D eigenvalue weighted by Gasteiger charge is 2.39. The lowest BCUT2D eigenvalue weighted by atomic mass is 9.93. The Labute approximate surface area is 88.5 Å². The maximum atomic E-state index is 10.5. The van der Waals surface area contributed by atoms with Crippen molar-refractivity contribution in [2.45, 2.75) is 24.3 Å². The Balaban J connectivity index is 2.67. The first kappa shape index (κ1) is 12.9. The summed E-state index contributed by atoms with van der Waals surface area (Å²) in [6.07, 6.45) is -1.51. The van der Waals surface area contributed by atoms with Crippen LogP contribution in [0.15, 0.2) is 11.9 Å². The van der Waals surface area contributed by atoms with Crippen molar-refractivity contribution in [2.24, 2.45) is 0 Å². The van der Waals surface area contributed by atoms with Gasteiger partial charge in [0.2, 0.25) is 0 Å². The lowest BCUT2D eigenvalue weighted by Crippen LogP contribution is -2.33. The lowest BCUT2D eigenvalue weighted by Gasteiger charge is -2.15. The molecule has 0 spiro atoms. The smallest absolute Gasteiger partial charge is 0.348 e. The van der Waals surface area contributed by atoms with Gasteiger partial charge in [-0.05, 0) is 6.08 Å². The topological polar surface area (TPSA) is 96.2 Å². The molecule has 1 rings (SSSR count). The molecular formula is C7H12BO6P. The van der Waals surface area contributed by atoms with Crippen molar-refractivity contribution in [2.75, 3.05) is 7.11 Å². The van der Waals surface area contributed by atoms with Gasteiger partial charge in [0.1, 0.15) is 26.2 Å². The van der Waals surface area contributed by atoms with Crippen LogP contribution in [0.25, 0.3) is 0 Å². The number of rotatable bonds is 3. The Morgan fingerprint density at radius 1 is 1.53 bits per heavy atom. The van der Waals surface area contributed by atoms with Crippen LogP contribution in [0.2, 0.25) is 0 Å². The van der Waals surface area contributed by atoms with Crippen LogP contribution >= 0.6 is 7.60 Å². The molecule has 2 radical (unpaired) electrons. The average molecular weight is 234 g/mol. The summed E-state index contributed by atoms with van der Waals surface area (Å²) in [6, 6.07) is -0.809. The van der Waals surface area contributed by atoms with Crippen LogP contribution in [0.1, 0.15) is 0 Å². The van der Waals surface area contributed by atoms with Crippen LogP contribution in [0.4, 0.5) is 0 Å². The molecule has 3 N–H and O–H groups in total. The van der Waals surface area contributed by atoms with E-state index in [0.29, 0.717) is 5.82 Å². The summed E-state index contributed by atoms with van der Waals surface area (Å²) >= 11 is 0. The molecule has 1 aliphatic rings. The van der Waals surface area contributed by atoms with Gasteiger partial charge in [-0.3, -0.25) is 4.57 Å². The van der Waals surface area contributed by atoms with Crippen molar-refractivity contribution < 1.29 is 28.9 Å². The van der Waals surface area contributed by atoms with Crippen molar-refractivity contribution in [3.05, 3.63) is 11.9 Å². The van der Waals surface area contributed by atoms with Gasteiger partial charge in [-0.2, -0.15) is 0 Å². The van der Waals surface area contributed by atoms with E-state index in [-0.39, 0.29) is 0 Å². The Kier molecular flexibility index (Phi) is 4.11. The molecule has 0 aromatic rings. The number of hydrogen-bond acceptors (Lipinski definition) is 4. The molecule has 6 nitrogen and oxygen atoms in total. The highest BCUT2D eigenvalue weighted by molar-refractivity contribution is 7.55. The molecule has 1 saturated heterocycles. The molecule has 8 heteroatoms. The number of aliphatic hydroxyl groups is 1. The SMILES string of the molecule is [B][C@@H]1O[C@H](/C=C/P(=O)(O)O)C(O)C1OC. The van der Waals surface area contributed by atoms with Gasteiger partial charge in [0, 0.05) is 18.9 Å². The lowest BCUT2D eigenvalue weighted by molar-refractivity contribution is 0.00955. The standard InChI is InChI=1S/C7H12BO6P/c1-13-6-5(9)4(14-7(6)8)2-3-15(10,11)12/h2-7,9H,1H3,(H2,10,11,12)/b3-2+/t4-,5?,6?,7-/m1/s1. The van der Waals surface area contributed by atoms with Gasteiger partial charge in [0.05, 0.1) is 0 Å². The van der Waals surface area contributed by atoms with Gasteiger partial charge in [0.15, 0.2) is 0 Å². The fourth-order valence-corrected chi connectivity index (χ4v) is 1.74. The molecule has 0 amide bonds. The Bertz CT molecular complexity index is 289. The predicted octanol–water partition coefficient (Wildman–Crippen LogP) is -1.05. The summed E-state index contributed by atoms with van der Waals surface area (Å²) in [5.41, 5.74) is 0. The number of methoxy groups -OCH3 is 1. The van der Waals surface area contributed by atoms with Crippen LogP contribution in [0.5, 0.6) is 0 Å². The molecule has 0 aliphatic carbocycles. The van der Waals surface area contributed by atoms with Crippen molar-refractivity contribution in [3.8, 4) is 0 Å². The molecule has 0 aromatic heterocycles. The molecule has 1 fully saturated rings. The molecule has 1 aliphatic heterocycles. The van der Waals surface area contributed by atoms with E-state index in [9.17, 15) is 9.67 Å². The van der Waals surface area contributed by atoms with Gasteiger partial charge in [-0.25, -0.2) is 0 Å². The van der Waals surface area contributed by atoms with Crippen molar-refractivity contribution in [1.82, 2.24) is 0 Å². The average Bonchev–Trinajstić information content (AvgIpc) is 2.37. The molecule has 0 aromatic carbocycles. The number of hydrogen-bond donors (Lipinski definition) is 3. The molecule has 2 unspecified atom stereocenters. The highest BCUT2D eigenvalue weighted by atomic mass is 31.2. The zero-order chi connectivity index (χ0) is 11.6. The van der Waals surface area contributed by atoms with E-state index < -0.39 is 31.9 Å². The summed E-state index contributed by atoms with van der Waals surface area (Å²) in [5, 5.41) is 9.58. The van der Waals surface area contributed by atoms with Crippen LogP contribution in [0, 0.1) is 0 Å². The van der Waals surface area contributed by atoms with Gasteiger partial charge >= 0.3 is 7.60 Å². The zero-order valence-electron chi connectivity index (χ0n) is 8.06. The molecule has 0 bridgehead atoms. The largest absolute Gasteiger partial charge is 0.387 e. The van der Waals surface area contributed by atoms with E-state index in [1.807, 2.05) is 0 Å². The second-order valence-electron chi connectivity index (χ2n) is 3.19. The zero-order valence-corrected chi connectivity index (χ0v) is 8.95. The first-order valence-corrected chi connectivity index (χ1v) is 5.90. The molecule has 15 heavy (non-hydrogen) atoms. The quantitative estimate of drug-likeness (QED) is 0.425. The fraction of sp³-hybridized carbons (Fsp3) is 0.714. The van der Waals surface area contributed by atoms with Crippen LogP contribution < -0.4 is 0 Å². The third kappa shape index (κ3) is 3.41. The molecular weight excluding hydrogens is 222 g/mol. The first-order chi connectivity index (χ1) is 6.85. The minimum Gasteiger partial charge on any atom is -0.387 e. The Morgan fingerprint density at radius 2 is 2.13 bits per heavy atom. The summed E-state index contributed by atoms with van der Waals surface area (Å²) in [5.74, 6) is 0.672. The third-order valence-corrected chi connectivity index (χ3v) is 2.61. The number of aliphatic hydroxyl groups excluding tert-OH is 1. The molecule has 84 valence electrons. The summed E-state index contributed by atoms with van der Waals surface area (Å²) in [4.78, 5) is 17.2. The summed E-state index contributed by atoms with van der Waals surface area (Å²) in [7, 11) is 2.60. The second kappa shape index (κ2) is 4.78. The second-order valence-corrected chi connectivity index (χ2v) is 4.66. The van der Waals surface area contributed by atoms with E-state index in [0.717, 1.165) is 6.08 Å². The molecule has 1 heterocycles. The maximum absolute atomic E-state index is 10.5. The van der Waals surface area contributed by atoms with Crippen LogP contribution in [-0.4, -0.2) is 54.2 Å². The molecule has 4 atom stereocenters. The van der Waals surface area contributed by atoms with E-state index in [1.54, 1.807) is 0 Å². The maximum Gasteiger partial charge on any atom is 0.348 e. The van der Waals surface area contributed by atoms with Gasteiger partial charge < -0.3 is 24.4 Å². The predicted molar refractivity (Wildman–Crippen MR) is 52.4 cm³/mol. The summed E-state index contributed by atoms with van der Waals surface area (Å²) < 4.78 is 20.5. The van der Waals surface area contributed by atoms with E-state index in [1.165, 1.54) is 7.11 Å². The fourth-order valence-electron chi connectivity index (χ4n) is 1.35.